The Balaban J connectivity index is 2.16. The molecule has 0 bridgehead atoms. The zero-order chi connectivity index (χ0) is 15.0. The van der Waals surface area contributed by atoms with Gasteiger partial charge in [-0.1, -0.05) is 0 Å². The van der Waals surface area contributed by atoms with Gasteiger partial charge in [-0.3, -0.25) is 0 Å². The van der Waals surface area contributed by atoms with Gasteiger partial charge in [-0.25, -0.2) is 9.37 Å². The van der Waals surface area contributed by atoms with Crippen LogP contribution < -0.4 is 15.2 Å². The van der Waals surface area contributed by atoms with Gasteiger partial charge in [0.25, 0.3) is 0 Å². The molecule has 0 saturated carbocycles. The van der Waals surface area contributed by atoms with E-state index in [1.165, 1.54) is 6.07 Å². The Morgan fingerprint density at radius 2 is 1.81 bits per heavy atom. The fraction of sp³-hybridized carbons (Fsp3) is 0.133. The molecule has 108 valence electrons. The van der Waals surface area contributed by atoms with Gasteiger partial charge in [0.05, 0.1) is 30.8 Å². The summed E-state index contributed by atoms with van der Waals surface area (Å²) in [6.45, 7) is 0. The standard InChI is InChI=1S/C15H14FN3O2/c1-20-13-6-11-12(7-14(13)21-2)19-15(18-11)9-4-3-8(17)5-10(9)16/h3-7H,17H2,1-2H3,(H,18,19). The Kier molecular flexibility index (Phi) is 3.13. The van der Waals surface area contributed by atoms with Crippen LogP contribution in [0.15, 0.2) is 30.3 Å². The monoisotopic (exact) mass is 287 g/mol. The molecular formula is C15H14FN3O2. The van der Waals surface area contributed by atoms with Crippen LogP contribution in [0.1, 0.15) is 0 Å². The number of fused-ring (bicyclic) bond motifs is 1. The average molecular weight is 287 g/mol. The minimum atomic E-state index is -0.423. The van der Waals surface area contributed by atoms with E-state index >= 15 is 0 Å². The first-order valence-corrected chi connectivity index (χ1v) is 6.29. The summed E-state index contributed by atoms with van der Waals surface area (Å²) >= 11 is 0. The molecule has 0 aliphatic heterocycles. The number of rotatable bonds is 3. The van der Waals surface area contributed by atoms with Crippen LogP contribution in [0, 0.1) is 5.82 Å². The Hall–Kier alpha value is -2.76. The van der Waals surface area contributed by atoms with E-state index in [2.05, 4.69) is 9.97 Å². The van der Waals surface area contributed by atoms with Crippen molar-refractivity contribution < 1.29 is 13.9 Å². The van der Waals surface area contributed by atoms with E-state index in [0.29, 0.717) is 34.1 Å². The number of aromatic amines is 1. The normalized spacial score (nSPS) is 10.8. The summed E-state index contributed by atoms with van der Waals surface area (Å²) < 4.78 is 24.4. The lowest BCUT2D eigenvalue weighted by atomic mass is 10.2. The second kappa shape index (κ2) is 4.97. The van der Waals surface area contributed by atoms with E-state index in [4.69, 9.17) is 15.2 Å². The van der Waals surface area contributed by atoms with Gasteiger partial charge < -0.3 is 20.2 Å². The SMILES string of the molecule is COc1cc2nc(-c3ccc(N)cc3F)[nH]c2cc1OC. The van der Waals surface area contributed by atoms with Crippen molar-refractivity contribution in [3.63, 3.8) is 0 Å². The van der Waals surface area contributed by atoms with Crippen LogP contribution in [0.5, 0.6) is 11.5 Å². The van der Waals surface area contributed by atoms with Crippen LogP contribution >= 0.6 is 0 Å². The van der Waals surface area contributed by atoms with Gasteiger partial charge in [-0.05, 0) is 18.2 Å². The van der Waals surface area contributed by atoms with E-state index in [9.17, 15) is 4.39 Å². The molecule has 3 N–H and O–H groups in total. The summed E-state index contributed by atoms with van der Waals surface area (Å²) in [4.78, 5) is 7.46. The first-order valence-electron chi connectivity index (χ1n) is 6.29. The van der Waals surface area contributed by atoms with Crippen molar-refractivity contribution in [2.24, 2.45) is 0 Å². The molecule has 0 aliphatic rings. The number of nitrogens with zero attached hydrogens (tertiary/aromatic N) is 1. The van der Waals surface area contributed by atoms with Gasteiger partial charge in [0, 0.05) is 17.8 Å². The zero-order valence-corrected chi connectivity index (χ0v) is 11.6. The van der Waals surface area contributed by atoms with E-state index in [1.807, 2.05) is 0 Å². The Bertz CT molecular complexity index is 773. The predicted octanol–water partition coefficient (Wildman–Crippen LogP) is 2.97. The number of hydrogen-bond acceptors (Lipinski definition) is 4. The molecule has 6 heteroatoms. The van der Waals surface area contributed by atoms with Crippen LogP contribution in [0.4, 0.5) is 10.1 Å². The molecule has 0 radical (unpaired) electrons. The smallest absolute Gasteiger partial charge is 0.163 e. The summed E-state index contributed by atoms with van der Waals surface area (Å²) in [5.74, 6) is 1.16. The van der Waals surface area contributed by atoms with Gasteiger partial charge >= 0.3 is 0 Å². The zero-order valence-electron chi connectivity index (χ0n) is 11.6. The summed E-state index contributed by atoms with van der Waals surface area (Å²) in [6, 6.07) is 8.00. The van der Waals surface area contributed by atoms with Crippen LogP contribution in [-0.4, -0.2) is 24.2 Å². The van der Waals surface area contributed by atoms with Gasteiger partial charge in [0.1, 0.15) is 11.6 Å². The molecule has 1 aromatic heterocycles. The van der Waals surface area contributed by atoms with Crippen LogP contribution in [0.25, 0.3) is 22.4 Å². The minimum absolute atomic E-state index is 0.360. The highest BCUT2D eigenvalue weighted by molar-refractivity contribution is 5.83. The number of imidazole rings is 1. The van der Waals surface area contributed by atoms with Crippen LogP contribution in [0.2, 0.25) is 0 Å². The summed E-state index contributed by atoms with van der Waals surface area (Å²) in [5.41, 5.74) is 7.68. The van der Waals surface area contributed by atoms with Gasteiger partial charge in [0.2, 0.25) is 0 Å². The number of ether oxygens (including phenoxy) is 2. The summed E-state index contributed by atoms with van der Waals surface area (Å²) in [5, 5.41) is 0. The van der Waals surface area contributed by atoms with Crippen molar-refractivity contribution in [3.8, 4) is 22.9 Å². The van der Waals surface area contributed by atoms with Crippen molar-refractivity contribution in [1.29, 1.82) is 0 Å². The lowest BCUT2D eigenvalue weighted by molar-refractivity contribution is 0.356. The number of nitrogens with one attached hydrogen (secondary N) is 1. The Morgan fingerprint density at radius 1 is 1.10 bits per heavy atom. The quantitative estimate of drug-likeness (QED) is 0.726. The number of anilines is 1. The molecule has 0 saturated heterocycles. The molecule has 21 heavy (non-hydrogen) atoms. The molecule has 3 rings (SSSR count). The molecule has 0 aliphatic carbocycles. The van der Waals surface area contributed by atoms with Crippen molar-refractivity contribution in [2.75, 3.05) is 20.0 Å². The predicted molar refractivity (Wildman–Crippen MR) is 79.0 cm³/mol. The fourth-order valence-electron chi connectivity index (χ4n) is 2.19. The van der Waals surface area contributed by atoms with Gasteiger partial charge in [0.15, 0.2) is 11.5 Å². The van der Waals surface area contributed by atoms with E-state index in [1.54, 1.807) is 38.5 Å². The molecular weight excluding hydrogens is 273 g/mol. The fourth-order valence-corrected chi connectivity index (χ4v) is 2.19. The Labute approximate surface area is 120 Å². The van der Waals surface area contributed by atoms with Crippen molar-refractivity contribution in [1.82, 2.24) is 9.97 Å². The molecule has 0 unspecified atom stereocenters. The number of H-pyrrole nitrogens is 1. The highest BCUT2D eigenvalue weighted by Crippen LogP contribution is 2.33. The lowest BCUT2D eigenvalue weighted by Gasteiger charge is -2.06. The minimum Gasteiger partial charge on any atom is -0.493 e. The third-order valence-corrected chi connectivity index (χ3v) is 3.24. The molecule has 0 spiro atoms. The average Bonchev–Trinajstić information content (AvgIpc) is 2.87. The maximum absolute atomic E-state index is 14.0. The molecule has 2 aromatic carbocycles. The molecule has 1 heterocycles. The van der Waals surface area contributed by atoms with E-state index in [0.717, 1.165) is 5.52 Å². The van der Waals surface area contributed by atoms with Crippen molar-refractivity contribution in [3.05, 3.63) is 36.1 Å². The van der Waals surface area contributed by atoms with Crippen LogP contribution in [0.3, 0.4) is 0 Å². The van der Waals surface area contributed by atoms with Crippen molar-refractivity contribution >= 4 is 16.7 Å². The number of methoxy groups -OCH3 is 2. The summed E-state index contributed by atoms with van der Waals surface area (Å²) in [6.07, 6.45) is 0. The maximum atomic E-state index is 14.0. The van der Waals surface area contributed by atoms with E-state index < -0.39 is 5.82 Å². The molecule has 5 nitrogen and oxygen atoms in total. The number of nitrogen functional groups attached to an aromatic ring is 1. The molecule has 3 aromatic rings. The third-order valence-electron chi connectivity index (χ3n) is 3.24. The number of benzene rings is 2. The summed E-state index contributed by atoms with van der Waals surface area (Å²) in [7, 11) is 3.11. The molecule has 0 fully saturated rings. The second-order valence-corrected chi connectivity index (χ2v) is 4.55. The first-order chi connectivity index (χ1) is 10.1. The topological polar surface area (TPSA) is 73.2 Å². The highest BCUT2D eigenvalue weighted by Gasteiger charge is 2.13. The third kappa shape index (κ3) is 2.24. The van der Waals surface area contributed by atoms with Gasteiger partial charge in [-0.2, -0.15) is 0 Å². The number of hydrogen-bond donors (Lipinski definition) is 2. The van der Waals surface area contributed by atoms with Gasteiger partial charge in [-0.15, -0.1) is 0 Å². The second-order valence-electron chi connectivity index (χ2n) is 4.55. The number of halogens is 1. The molecule has 0 atom stereocenters. The number of nitrogens with two attached hydrogens (primary N) is 1. The maximum Gasteiger partial charge on any atom is 0.163 e. The highest BCUT2D eigenvalue weighted by atomic mass is 19.1. The number of aromatic nitrogens is 2. The first kappa shape index (κ1) is 13.2. The van der Waals surface area contributed by atoms with E-state index in [-0.39, 0.29) is 0 Å². The van der Waals surface area contributed by atoms with Crippen LogP contribution in [-0.2, 0) is 0 Å². The van der Waals surface area contributed by atoms with Crippen molar-refractivity contribution in [2.45, 2.75) is 0 Å². The lowest BCUT2D eigenvalue weighted by Crippen LogP contribution is -1.90. The largest absolute Gasteiger partial charge is 0.493 e. The Morgan fingerprint density at radius 3 is 2.48 bits per heavy atom. The molecule has 0 amide bonds.